The third-order valence-electron chi connectivity index (χ3n) is 2.12. The summed E-state index contributed by atoms with van der Waals surface area (Å²) in [7, 11) is 0. The lowest BCUT2D eigenvalue weighted by Gasteiger charge is -2.01. The van der Waals surface area contributed by atoms with Crippen molar-refractivity contribution in [2.45, 2.75) is 12.8 Å². The number of hydrogen-bond donors (Lipinski definition) is 1. The molecule has 0 atom stereocenters. The largest absolute Gasteiger partial charge is 0.369 e. The number of amides is 1. The molecule has 0 aromatic heterocycles. The molecular weight excluding hydrogens is 216 g/mol. The van der Waals surface area contributed by atoms with Crippen molar-refractivity contribution in [2.24, 2.45) is 5.73 Å². The number of nitriles is 1. The van der Waals surface area contributed by atoms with Gasteiger partial charge in [0.25, 0.3) is 0 Å². The molecule has 0 bridgehead atoms. The van der Waals surface area contributed by atoms with Crippen molar-refractivity contribution in [3.8, 4) is 6.07 Å². The Morgan fingerprint density at radius 1 is 1.35 bits per heavy atom. The van der Waals surface area contributed by atoms with E-state index >= 15 is 0 Å². The van der Waals surface area contributed by atoms with Crippen LogP contribution in [0, 0.1) is 11.3 Å². The number of Topliss-reactive ketones (excluding diaryl/α,β-unsaturated/α-hetero) is 1. The highest BCUT2D eigenvalue weighted by Gasteiger charge is 2.08. The van der Waals surface area contributed by atoms with Crippen molar-refractivity contribution in [3.63, 3.8) is 0 Å². The number of rotatable bonds is 5. The minimum absolute atomic E-state index is 0.126. The number of nitrogens with two attached hydrogens (primary N) is 1. The van der Waals surface area contributed by atoms with Gasteiger partial charge in [0.15, 0.2) is 5.78 Å². The summed E-state index contributed by atoms with van der Waals surface area (Å²) in [4.78, 5) is 22.2. The van der Waals surface area contributed by atoms with Gasteiger partial charge in [0.2, 0.25) is 5.91 Å². The predicted octanol–water partition coefficient (Wildman–Crippen LogP) is 1.67. The van der Waals surface area contributed by atoms with Crippen LogP contribution < -0.4 is 5.73 Å². The van der Waals surface area contributed by atoms with E-state index in [4.69, 9.17) is 11.0 Å². The Kier molecular flexibility index (Phi) is 4.64. The van der Waals surface area contributed by atoms with Gasteiger partial charge < -0.3 is 5.73 Å². The van der Waals surface area contributed by atoms with E-state index in [1.807, 2.05) is 6.07 Å². The zero-order valence-electron chi connectivity index (χ0n) is 9.22. The SMILES string of the molecule is N#CCC(=O)c1ccccc1C=CCC(N)=O. The van der Waals surface area contributed by atoms with Gasteiger partial charge in [0, 0.05) is 12.0 Å². The average Bonchev–Trinajstić information content (AvgIpc) is 2.29. The molecule has 0 aliphatic carbocycles. The molecule has 0 aliphatic rings. The van der Waals surface area contributed by atoms with Crippen LogP contribution in [0.1, 0.15) is 28.8 Å². The molecule has 4 nitrogen and oxygen atoms in total. The standard InChI is InChI=1S/C13H12N2O2/c14-9-8-12(16)11-6-2-1-4-10(11)5-3-7-13(15)17/h1-6H,7-8H2,(H2,15,17). The number of hydrogen-bond acceptors (Lipinski definition) is 3. The van der Waals surface area contributed by atoms with Crippen LogP contribution in [0.2, 0.25) is 0 Å². The van der Waals surface area contributed by atoms with Gasteiger partial charge in [-0.05, 0) is 5.56 Å². The number of primary amides is 1. The number of benzene rings is 1. The van der Waals surface area contributed by atoms with E-state index in [0.29, 0.717) is 11.1 Å². The van der Waals surface area contributed by atoms with Crippen molar-refractivity contribution in [2.75, 3.05) is 0 Å². The van der Waals surface area contributed by atoms with Gasteiger partial charge in [-0.2, -0.15) is 5.26 Å². The molecule has 0 saturated carbocycles. The molecule has 86 valence electrons. The van der Waals surface area contributed by atoms with Gasteiger partial charge >= 0.3 is 0 Å². The second kappa shape index (κ2) is 6.23. The van der Waals surface area contributed by atoms with Crippen LogP contribution in [0.25, 0.3) is 6.08 Å². The molecule has 1 aromatic carbocycles. The van der Waals surface area contributed by atoms with Crippen LogP contribution in [0.5, 0.6) is 0 Å². The molecule has 0 spiro atoms. The van der Waals surface area contributed by atoms with Crippen molar-refractivity contribution in [1.82, 2.24) is 0 Å². The molecule has 2 N–H and O–H groups in total. The van der Waals surface area contributed by atoms with Gasteiger partial charge in [-0.15, -0.1) is 0 Å². The van der Waals surface area contributed by atoms with Crippen LogP contribution in [0.15, 0.2) is 30.3 Å². The lowest BCUT2D eigenvalue weighted by Crippen LogP contribution is -2.08. The minimum atomic E-state index is -0.429. The van der Waals surface area contributed by atoms with E-state index in [-0.39, 0.29) is 18.6 Å². The fourth-order valence-electron chi connectivity index (χ4n) is 1.37. The van der Waals surface area contributed by atoms with E-state index in [9.17, 15) is 9.59 Å². The van der Waals surface area contributed by atoms with Crippen LogP contribution in [-0.2, 0) is 4.79 Å². The van der Waals surface area contributed by atoms with Gasteiger partial charge in [-0.1, -0.05) is 36.4 Å². The zero-order chi connectivity index (χ0) is 12.7. The Morgan fingerprint density at radius 2 is 2.06 bits per heavy atom. The Bertz CT molecular complexity index is 498. The summed E-state index contributed by atoms with van der Waals surface area (Å²) in [6.07, 6.45) is 3.23. The Balaban J connectivity index is 2.92. The highest BCUT2D eigenvalue weighted by Crippen LogP contribution is 2.13. The molecule has 0 aliphatic heterocycles. The first-order chi connectivity index (χ1) is 8.15. The normalized spacial score (nSPS) is 10.1. The quantitative estimate of drug-likeness (QED) is 0.778. The van der Waals surface area contributed by atoms with Crippen molar-refractivity contribution in [3.05, 3.63) is 41.5 Å². The molecule has 0 unspecified atom stereocenters. The van der Waals surface area contributed by atoms with Gasteiger partial charge in [0.1, 0.15) is 0 Å². The third kappa shape index (κ3) is 3.92. The summed E-state index contributed by atoms with van der Waals surface area (Å²) in [6, 6.07) is 8.75. The van der Waals surface area contributed by atoms with Gasteiger partial charge in [-0.3, -0.25) is 9.59 Å². The number of carbonyl (C=O) groups excluding carboxylic acids is 2. The molecule has 4 heteroatoms. The molecule has 0 fully saturated rings. The Labute approximate surface area is 99.4 Å². The van der Waals surface area contributed by atoms with Crippen LogP contribution >= 0.6 is 0 Å². The zero-order valence-corrected chi connectivity index (χ0v) is 9.22. The van der Waals surface area contributed by atoms with Crippen molar-refractivity contribution < 1.29 is 9.59 Å². The first-order valence-electron chi connectivity index (χ1n) is 5.09. The molecule has 0 heterocycles. The predicted molar refractivity (Wildman–Crippen MR) is 63.8 cm³/mol. The maximum Gasteiger partial charge on any atom is 0.221 e. The van der Waals surface area contributed by atoms with Crippen LogP contribution in [0.3, 0.4) is 0 Å². The first-order valence-corrected chi connectivity index (χ1v) is 5.09. The fraction of sp³-hybridized carbons (Fsp3) is 0.154. The molecule has 1 rings (SSSR count). The van der Waals surface area contributed by atoms with Crippen LogP contribution in [0.4, 0.5) is 0 Å². The third-order valence-corrected chi connectivity index (χ3v) is 2.12. The van der Waals surface area contributed by atoms with E-state index in [2.05, 4.69) is 0 Å². The number of ketones is 1. The number of nitrogens with zero attached hydrogens (tertiary/aromatic N) is 1. The monoisotopic (exact) mass is 228 g/mol. The molecular formula is C13H12N2O2. The van der Waals surface area contributed by atoms with E-state index in [1.165, 1.54) is 0 Å². The van der Waals surface area contributed by atoms with Gasteiger partial charge in [0.05, 0.1) is 12.5 Å². The molecule has 17 heavy (non-hydrogen) atoms. The maximum absolute atomic E-state index is 11.6. The van der Waals surface area contributed by atoms with E-state index < -0.39 is 5.91 Å². The van der Waals surface area contributed by atoms with E-state index in [1.54, 1.807) is 36.4 Å². The second-order valence-corrected chi connectivity index (χ2v) is 3.42. The topological polar surface area (TPSA) is 83.9 Å². The summed E-state index contributed by atoms with van der Waals surface area (Å²) in [5.74, 6) is -0.658. The Morgan fingerprint density at radius 3 is 2.71 bits per heavy atom. The van der Waals surface area contributed by atoms with Crippen molar-refractivity contribution in [1.29, 1.82) is 5.26 Å². The molecule has 0 radical (unpaired) electrons. The highest BCUT2D eigenvalue weighted by atomic mass is 16.1. The maximum atomic E-state index is 11.6. The fourth-order valence-corrected chi connectivity index (χ4v) is 1.37. The summed E-state index contributed by atoms with van der Waals surface area (Å²) < 4.78 is 0. The smallest absolute Gasteiger partial charge is 0.221 e. The highest BCUT2D eigenvalue weighted by molar-refractivity contribution is 6.00. The minimum Gasteiger partial charge on any atom is -0.369 e. The molecule has 1 aromatic rings. The summed E-state index contributed by atoms with van der Waals surface area (Å²) in [6.45, 7) is 0. The van der Waals surface area contributed by atoms with Crippen molar-refractivity contribution >= 4 is 17.8 Å². The van der Waals surface area contributed by atoms with Gasteiger partial charge in [-0.25, -0.2) is 0 Å². The number of carbonyl (C=O) groups is 2. The Hall–Kier alpha value is -2.41. The summed E-state index contributed by atoms with van der Waals surface area (Å²) in [5, 5.41) is 8.49. The first kappa shape index (κ1) is 12.7. The van der Waals surface area contributed by atoms with Crippen LogP contribution in [-0.4, -0.2) is 11.7 Å². The lowest BCUT2D eigenvalue weighted by atomic mass is 10.0. The van der Waals surface area contributed by atoms with E-state index in [0.717, 1.165) is 0 Å². The average molecular weight is 228 g/mol. The summed E-state index contributed by atoms with van der Waals surface area (Å²) in [5.41, 5.74) is 6.17. The summed E-state index contributed by atoms with van der Waals surface area (Å²) >= 11 is 0. The lowest BCUT2D eigenvalue weighted by molar-refractivity contribution is -0.117. The molecule has 1 amide bonds. The molecule has 0 saturated heterocycles. The second-order valence-electron chi connectivity index (χ2n) is 3.42.